The van der Waals surface area contributed by atoms with Gasteiger partial charge in [-0.1, -0.05) is 61.5 Å². The van der Waals surface area contributed by atoms with Crippen molar-refractivity contribution >= 4 is 11.9 Å². The van der Waals surface area contributed by atoms with Gasteiger partial charge in [0.15, 0.2) is 5.76 Å². The molecular weight excluding hydrogens is 410 g/mol. The molecule has 166 valence electrons. The number of amides is 1. The fraction of sp³-hybridized carbons (Fsp3) is 0.240. The van der Waals surface area contributed by atoms with Gasteiger partial charge in [0, 0.05) is 12.1 Å². The van der Waals surface area contributed by atoms with Crippen LogP contribution in [0.5, 0.6) is 5.75 Å². The van der Waals surface area contributed by atoms with Crippen LogP contribution in [0.15, 0.2) is 76.1 Å². The minimum absolute atomic E-state index is 0.00361. The molecule has 3 rings (SSSR count). The van der Waals surface area contributed by atoms with Crippen LogP contribution in [-0.4, -0.2) is 30.1 Å². The molecule has 0 aliphatic heterocycles. The summed E-state index contributed by atoms with van der Waals surface area (Å²) in [6.07, 6.45) is 1.73. The van der Waals surface area contributed by atoms with Gasteiger partial charge in [0.25, 0.3) is 5.91 Å². The van der Waals surface area contributed by atoms with Crippen LogP contribution in [0, 0.1) is 5.92 Å². The number of rotatable bonds is 9. The molecule has 0 spiro atoms. The molecule has 32 heavy (non-hydrogen) atoms. The zero-order valence-corrected chi connectivity index (χ0v) is 17.9. The van der Waals surface area contributed by atoms with E-state index in [2.05, 4.69) is 5.32 Å². The molecule has 7 nitrogen and oxygen atoms in total. The second-order valence-electron chi connectivity index (χ2n) is 7.59. The van der Waals surface area contributed by atoms with Gasteiger partial charge >= 0.3 is 5.97 Å². The SMILES string of the molecule is COc1coc(C(=O)NC(Cc2ccc(-c3ccccc3)cc2)C[C@@H](C)C(=O)O)cc1=O. The topological polar surface area (TPSA) is 106 Å². The summed E-state index contributed by atoms with van der Waals surface area (Å²) >= 11 is 0. The molecule has 3 aromatic rings. The van der Waals surface area contributed by atoms with E-state index in [9.17, 15) is 19.5 Å². The Hall–Kier alpha value is -3.87. The van der Waals surface area contributed by atoms with E-state index in [1.54, 1.807) is 6.92 Å². The Bertz CT molecular complexity index is 1120. The standard InChI is InChI=1S/C25H25NO6/c1-16(25(29)30)12-20(26-24(28)22-14-21(27)23(31-2)15-32-22)13-17-8-10-19(11-9-17)18-6-4-3-5-7-18/h3-11,14-16,20H,12-13H2,1-2H3,(H,26,28)(H,29,30)/t16-,20?/m1/s1. The third-order valence-electron chi connectivity index (χ3n) is 5.18. The van der Waals surface area contributed by atoms with Crippen LogP contribution in [-0.2, 0) is 11.2 Å². The third kappa shape index (κ3) is 5.85. The molecule has 2 N–H and O–H groups in total. The van der Waals surface area contributed by atoms with Gasteiger partial charge in [-0.05, 0) is 29.5 Å². The van der Waals surface area contributed by atoms with Crippen molar-refractivity contribution in [1.29, 1.82) is 0 Å². The summed E-state index contributed by atoms with van der Waals surface area (Å²) in [4.78, 5) is 36.0. The van der Waals surface area contributed by atoms with Crippen molar-refractivity contribution in [2.24, 2.45) is 5.92 Å². The largest absolute Gasteiger partial charge is 0.490 e. The number of hydrogen-bond donors (Lipinski definition) is 2. The lowest BCUT2D eigenvalue weighted by Crippen LogP contribution is -2.39. The van der Waals surface area contributed by atoms with Crippen molar-refractivity contribution in [2.75, 3.05) is 7.11 Å². The van der Waals surface area contributed by atoms with Crippen LogP contribution in [0.3, 0.4) is 0 Å². The van der Waals surface area contributed by atoms with Crippen LogP contribution in [0.2, 0.25) is 0 Å². The van der Waals surface area contributed by atoms with E-state index in [0.717, 1.165) is 29.0 Å². The van der Waals surface area contributed by atoms with Gasteiger partial charge < -0.3 is 19.6 Å². The minimum atomic E-state index is -0.945. The van der Waals surface area contributed by atoms with Gasteiger partial charge in [-0.2, -0.15) is 0 Å². The van der Waals surface area contributed by atoms with Crippen LogP contribution >= 0.6 is 0 Å². The van der Waals surface area contributed by atoms with Gasteiger partial charge in [-0.15, -0.1) is 0 Å². The fourth-order valence-electron chi connectivity index (χ4n) is 3.39. The van der Waals surface area contributed by atoms with E-state index in [-0.39, 0.29) is 17.9 Å². The maximum atomic E-state index is 12.7. The van der Waals surface area contributed by atoms with Crippen molar-refractivity contribution in [3.63, 3.8) is 0 Å². The number of hydrogen-bond acceptors (Lipinski definition) is 5. The summed E-state index contributed by atoms with van der Waals surface area (Å²) in [6.45, 7) is 1.59. The van der Waals surface area contributed by atoms with E-state index in [1.165, 1.54) is 7.11 Å². The lowest BCUT2D eigenvalue weighted by Gasteiger charge is -2.21. The Kier molecular flexibility index (Phi) is 7.44. The summed E-state index contributed by atoms with van der Waals surface area (Å²) in [7, 11) is 1.33. The lowest BCUT2D eigenvalue weighted by molar-refractivity contribution is -0.141. The number of carbonyl (C=O) groups excluding carboxylic acids is 1. The number of ether oxygens (including phenoxy) is 1. The summed E-state index contributed by atoms with van der Waals surface area (Å²) in [5.41, 5.74) is 2.63. The molecule has 0 radical (unpaired) electrons. The third-order valence-corrected chi connectivity index (χ3v) is 5.18. The first-order chi connectivity index (χ1) is 15.4. The predicted octanol–water partition coefficient (Wildman–Crippen LogP) is 3.77. The highest BCUT2D eigenvalue weighted by Crippen LogP contribution is 2.21. The Morgan fingerprint density at radius 3 is 2.31 bits per heavy atom. The maximum Gasteiger partial charge on any atom is 0.306 e. The summed E-state index contributed by atoms with van der Waals surface area (Å²) in [5, 5.41) is 12.1. The number of carboxylic acid groups (broad SMARTS) is 1. The van der Waals surface area contributed by atoms with Crippen LogP contribution in [0.4, 0.5) is 0 Å². The van der Waals surface area contributed by atoms with E-state index in [1.807, 2.05) is 54.6 Å². The van der Waals surface area contributed by atoms with E-state index in [0.29, 0.717) is 6.42 Å². The molecule has 0 saturated heterocycles. The molecule has 1 aromatic heterocycles. The Morgan fingerprint density at radius 2 is 1.72 bits per heavy atom. The van der Waals surface area contributed by atoms with Gasteiger partial charge in [0.1, 0.15) is 6.26 Å². The van der Waals surface area contributed by atoms with Crippen molar-refractivity contribution in [1.82, 2.24) is 5.32 Å². The van der Waals surface area contributed by atoms with Crippen molar-refractivity contribution in [3.8, 4) is 16.9 Å². The summed E-state index contributed by atoms with van der Waals surface area (Å²) in [6, 6.07) is 18.4. The number of nitrogens with one attached hydrogen (secondary N) is 1. The number of carbonyl (C=O) groups is 2. The van der Waals surface area contributed by atoms with E-state index < -0.39 is 29.3 Å². The molecular formula is C25H25NO6. The van der Waals surface area contributed by atoms with Crippen LogP contribution in [0.1, 0.15) is 29.5 Å². The molecule has 0 saturated carbocycles. The maximum absolute atomic E-state index is 12.7. The van der Waals surface area contributed by atoms with Crippen LogP contribution in [0.25, 0.3) is 11.1 Å². The first-order valence-corrected chi connectivity index (χ1v) is 10.2. The van der Waals surface area contributed by atoms with Gasteiger partial charge in [0.05, 0.1) is 13.0 Å². The average molecular weight is 435 g/mol. The summed E-state index contributed by atoms with van der Waals surface area (Å²) in [5.74, 6) is -2.36. The number of aliphatic carboxylic acids is 1. The molecule has 0 aliphatic rings. The summed E-state index contributed by atoms with van der Waals surface area (Å²) < 4.78 is 10.1. The number of methoxy groups -OCH3 is 1. The average Bonchev–Trinajstić information content (AvgIpc) is 2.80. The highest BCUT2D eigenvalue weighted by molar-refractivity contribution is 5.91. The second-order valence-corrected chi connectivity index (χ2v) is 7.59. The molecule has 7 heteroatoms. The molecule has 2 atom stereocenters. The first kappa shape index (κ1) is 22.8. The monoisotopic (exact) mass is 435 g/mol. The highest BCUT2D eigenvalue weighted by atomic mass is 16.5. The Morgan fingerprint density at radius 1 is 1.06 bits per heavy atom. The van der Waals surface area contributed by atoms with Gasteiger partial charge in [-0.3, -0.25) is 14.4 Å². The first-order valence-electron chi connectivity index (χ1n) is 10.2. The normalized spacial score (nSPS) is 12.6. The second kappa shape index (κ2) is 10.4. The molecule has 0 fully saturated rings. The number of benzene rings is 2. The molecule has 0 bridgehead atoms. The van der Waals surface area contributed by atoms with E-state index >= 15 is 0 Å². The molecule has 2 aromatic carbocycles. The molecule has 0 aliphatic carbocycles. The van der Waals surface area contributed by atoms with Crippen molar-refractivity contribution < 1.29 is 23.8 Å². The van der Waals surface area contributed by atoms with Crippen molar-refractivity contribution in [3.05, 3.63) is 88.5 Å². The van der Waals surface area contributed by atoms with Crippen molar-refractivity contribution in [2.45, 2.75) is 25.8 Å². The zero-order valence-electron chi connectivity index (χ0n) is 17.9. The van der Waals surface area contributed by atoms with Crippen LogP contribution < -0.4 is 15.5 Å². The fourth-order valence-corrected chi connectivity index (χ4v) is 3.39. The lowest BCUT2D eigenvalue weighted by atomic mass is 9.95. The molecule has 1 heterocycles. The zero-order chi connectivity index (χ0) is 23.1. The molecule has 1 unspecified atom stereocenters. The number of carboxylic acids is 1. The quantitative estimate of drug-likeness (QED) is 0.530. The smallest absolute Gasteiger partial charge is 0.306 e. The highest BCUT2D eigenvalue weighted by Gasteiger charge is 2.22. The Balaban J connectivity index is 1.76. The predicted molar refractivity (Wildman–Crippen MR) is 120 cm³/mol. The molecule has 1 amide bonds. The minimum Gasteiger partial charge on any atom is -0.490 e. The van der Waals surface area contributed by atoms with Gasteiger partial charge in [0.2, 0.25) is 11.2 Å². The van der Waals surface area contributed by atoms with Gasteiger partial charge in [-0.25, -0.2) is 0 Å². The Labute approximate surface area is 185 Å². The van der Waals surface area contributed by atoms with E-state index in [4.69, 9.17) is 9.15 Å².